The van der Waals surface area contributed by atoms with Crippen LogP contribution >= 0.6 is 0 Å². The molecule has 3 aromatic rings. The largest absolute Gasteiger partial charge is 1.00 e. The molecule has 0 fully saturated rings. The van der Waals surface area contributed by atoms with Crippen LogP contribution in [0, 0.1) is 23.1 Å². The Hall–Kier alpha value is -0.724. The van der Waals surface area contributed by atoms with Crippen molar-refractivity contribution in [3.8, 4) is 0 Å². The summed E-state index contributed by atoms with van der Waals surface area (Å²) >= 11 is 0. The van der Waals surface area contributed by atoms with Gasteiger partial charge in [0.1, 0.15) is 5.58 Å². The molecule has 0 amide bonds. The first-order chi connectivity index (χ1) is 10.6. The molecule has 0 atom stereocenters. The standard InChI is InChI=1S/C12H6NO3.C3H8.C3H7.K/c14-13(15)8-5-6-10-9-3-1-2-4-11(9)16-12(10)7-8;2*1-3-2;/h1-4,6-7H;3H2,1-2H3;1,3H2,2H3;/q-1;;-1;+1. The van der Waals surface area contributed by atoms with Gasteiger partial charge >= 0.3 is 51.4 Å². The zero-order chi connectivity index (χ0) is 16.5. The number of nitro groups is 1. The van der Waals surface area contributed by atoms with E-state index in [1.165, 1.54) is 12.5 Å². The van der Waals surface area contributed by atoms with Gasteiger partial charge in [-0.1, -0.05) is 56.8 Å². The quantitative estimate of drug-likeness (QED) is 0.297. The van der Waals surface area contributed by atoms with Crippen molar-refractivity contribution in [2.45, 2.75) is 33.6 Å². The Morgan fingerprint density at radius 3 is 2.30 bits per heavy atom. The summed E-state index contributed by atoms with van der Waals surface area (Å²) in [7, 11) is 0. The summed E-state index contributed by atoms with van der Waals surface area (Å²) < 4.78 is 5.52. The van der Waals surface area contributed by atoms with Gasteiger partial charge in [-0.3, -0.25) is 10.1 Å². The molecule has 0 aliphatic carbocycles. The molecule has 2 aromatic carbocycles. The third kappa shape index (κ3) is 6.35. The molecule has 0 spiro atoms. The van der Waals surface area contributed by atoms with Crippen LogP contribution in [0.25, 0.3) is 21.9 Å². The van der Waals surface area contributed by atoms with Crippen molar-refractivity contribution < 1.29 is 60.7 Å². The molecule has 1 heterocycles. The molecule has 0 radical (unpaired) electrons. The van der Waals surface area contributed by atoms with Gasteiger partial charge in [0.05, 0.1) is 0 Å². The SMILES string of the molecule is CCC.O=[N+]([O-])c1[c-]cc2c(c1)oc1ccccc12.[CH2-]CC.[K+]. The Morgan fingerprint density at radius 2 is 1.74 bits per heavy atom. The van der Waals surface area contributed by atoms with Crippen molar-refractivity contribution in [1.82, 2.24) is 0 Å². The molecule has 23 heavy (non-hydrogen) atoms. The molecule has 0 bridgehead atoms. The van der Waals surface area contributed by atoms with Crippen LogP contribution in [0.2, 0.25) is 0 Å². The first kappa shape index (κ1) is 22.3. The van der Waals surface area contributed by atoms with Crippen molar-refractivity contribution in [3.63, 3.8) is 0 Å². The monoisotopic (exact) mass is 338 g/mol. The van der Waals surface area contributed by atoms with Crippen LogP contribution < -0.4 is 51.4 Å². The zero-order valence-electron chi connectivity index (χ0n) is 14.3. The maximum atomic E-state index is 10.6. The van der Waals surface area contributed by atoms with Crippen LogP contribution in [0.15, 0.2) is 40.8 Å². The topological polar surface area (TPSA) is 56.3 Å². The van der Waals surface area contributed by atoms with Gasteiger partial charge in [-0.15, -0.1) is 6.07 Å². The second-order valence-corrected chi connectivity index (χ2v) is 4.66. The molecule has 4 nitrogen and oxygen atoms in total. The molecule has 3 rings (SSSR count). The molecule has 0 unspecified atom stereocenters. The molecule has 0 aliphatic heterocycles. The summed E-state index contributed by atoms with van der Waals surface area (Å²) in [6, 6.07) is 13.1. The number of rotatable bonds is 1. The minimum Gasteiger partial charge on any atom is -0.483 e. The molecule has 1 aromatic heterocycles. The predicted octanol–water partition coefficient (Wildman–Crippen LogP) is 2.95. The van der Waals surface area contributed by atoms with Gasteiger partial charge in [-0.2, -0.15) is 12.5 Å². The Kier molecular flexibility index (Phi) is 11.4. The summed E-state index contributed by atoms with van der Waals surface area (Å²) in [4.78, 5) is 10.1. The third-order valence-corrected chi connectivity index (χ3v) is 2.49. The number of hydrogen-bond acceptors (Lipinski definition) is 3. The number of benzene rings is 2. The van der Waals surface area contributed by atoms with E-state index in [0.717, 1.165) is 22.8 Å². The van der Waals surface area contributed by atoms with Crippen LogP contribution in [-0.2, 0) is 0 Å². The second kappa shape index (κ2) is 11.8. The second-order valence-electron chi connectivity index (χ2n) is 4.66. The van der Waals surface area contributed by atoms with Crippen molar-refractivity contribution in [2.75, 3.05) is 0 Å². The van der Waals surface area contributed by atoms with E-state index < -0.39 is 4.92 Å². The summed E-state index contributed by atoms with van der Waals surface area (Å²) in [5.41, 5.74) is 1.17. The van der Waals surface area contributed by atoms with Gasteiger partial charge < -0.3 is 11.3 Å². The molecule has 0 N–H and O–H groups in total. The van der Waals surface area contributed by atoms with E-state index in [-0.39, 0.29) is 57.1 Å². The zero-order valence-corrected chi connectivity index (χ0v) is 17.4. The summed E-state index contributed by atoms with van der Waals surface area (Å²) in [6.45, 7) is 9.75. The number of furan rings is 1. The van der Waals surface area contributed by atoms with E-state index >= 15 is 0 Å². The Morgan fingerprint density at radius 1 is 1.17 bits per heavy atom. The van der Waals surface area contributed by atoms with Crippen LogP contribution in [0.3, 0.4) is 0 Å². The molecule has 0 saturated carbocycles. The van der Waals surface area contributed by atoms with Crippen molar-refractivity contribution in [1.29, 1.82) is 0 Å². The molecular weight excluding hydrogens is 317 g/mol. The van der Waals surface area contributed by atoms with Crippen LogP contribution in [-0.4, -0.2) is 4.92 Å². The summed E-state index contributed by atoms with van der Waals surface area (Å²) in [5, 5.41) is 12.4. The Bertz CT molecular complexity index is 735. The maximum Gasteiger partial charge on any atom is 1.00 e. The van der Waals surface area contributed by atoms with Crippen LogP contribution in [0.4, 0.5) is 5.69 Å². The molecule has 0 aliphatic rings. The first-order valence-electron chi connectivity index (χ1n) is 7.35. The van der Waals surface area contributed by atoms with E-state index in [2.05, 4.69) is 26.8 Å². The van der Waals surface area contributed by atoms with Crippen molar-refractivity contribution in [2.24, 2.45) is 0 Å². The van der Waals surface area contributed by atoms with Gasteiger partial charge in [0.15, 0.2) is 5.69 Å². The number of para-hydroxylation sites is 1. The maximum absolute atomic E-state index is 10.6. The van der Waals surface area contributed by atoms with E-state index in [9.17, 15) is 10.1 Å². The van der Waals surface area contributed by atoms with Gasteiger partial charge in [-0.25, -0.2) is 0 Å². The van der Waals surface area contributed by atoms with E-state index in [0.29, 0.717) is 5.58 Å². The molecular formula is C18H21KNO3-. The van der Waals surface area contributed by atoms with E-state index in [1.54, 1.807) is 6.07 Å². The van der Waals surface area contributed by atoms with E-state index in [4.69, 9.17) is 4.42 Å². The number of nitro benzene ring substituents is 1. The average molecular weight is 338 g/mol. The number of fused-ring (bicyclic) bond motifs is 3. The van der Waals surface area contributed by atoms with Gasteiger partial charge in [0, 0.05) is 10.5 Å². The smallest absolute Gasteiger partial charge is 0.483 e. The fraction of sp³-hybridized carbons (Fsp3) is 0.278. The third-order valence-electron chi connectivity index (χ3n) is 2.49. The van der Waals surface area contributed by atoms with Crippen molar-refractivity contribution in [3.05, 3.63) is 59.5 Å². The molecule has 0 saturated heterocycles. The minimum absolute atomic E-state index is 0. The number of non-ortho nitro benzene ring substituents is 1. The van der Waals surface area contributed by atoms with E-state index in [1.807, 2.05) is 31.2 Å². The van der Waals surface area contributed by atoms with Crippen LogP contribution in [0.5, 0.6) is 0 Å². The minimum atomic E-state index is -0.480. The Labute approximate surface area is 179 Å². The fourth-order valence-corrected chi connectivity index (χ4v) is 1.76. The predicted molar refractivity (Wildman–Crippen MR) is 90.8 cm³/mol. The van der Waals surface area contributed by atoms with Crippen LogP contribution in [0.1, 0.15) is 33.6 Å². The normalized spacial score (nSPS) is 9.22. The molecule has 118 valence electrons. The van der Waals surface area contributed by atoms with Gasteiger partial charge in [0.25, 0.3) is 0 Å². The molecule has 5 heteroatoms. The first-order valence-corrected chi connectivity index (χ1v) is 7.35. The van der Waals surface area contributed by atoms with Gasteiger partial charge in [0.2, 0.25) is 0 Å². The fourth-order valence-electron chi connectivity index (χ4n) is 1.76. The number of hydrogen-bond donors (Lipinski definition) is 0. The number of nitrogens with zero attached hydrogens (tertiary/aromatic N) is 1. The van der Waals surface area contributed by atoms with Crippen molar-refractivity contribution >= 4 is 27.6 Å². The Balaban J connectivity index is 0.000000610. The summed E-state index contributed by atoms with van der Waals surface area (Å²) in [5.74, 6) is 0. The average Bonchev–Trinajstić information content (AvgIpc) is 2.86. The summed E-state index contributed by atoms with van der Waals surface area (Å²) in [6.07, 6.45) is 2.25. The van der Waals surface area contributed by atoms with Gasteiger partial charge in [-0.05, 0) is 11.5 Å².